The van der Waals surface area contributed by atoms with Crippen LogP contribution in [0.5, 0.6) is 11.5 Å². The number of phenols is 2. The Kier molecular flexibility index (Phi) is 8.29. The predicted molar refractivity (Wildman–Crippen MR) is 119 cm³/mol. The van der Waals surface area contributed by atoms with Crippen molar-refractivity contribution in [2.24, 2.45) is 5.18 Å². The maximum absolute atomic E-state index is 11.1. The zero-order valence-corrected chi connectivity index (χ0v) is 17.6. The van der Waals surface area contributed by atoms with Gasteiger partial charge < -0.3 is 10.2 Å². The highest BCUT2D eigenvalue weighted by molar-refractivity contribution is 5.97. The van der Waals surface area contributed by atoms with Crippen LogP contribution < -0.4 is 0 Å². The number of phenolic OH excluding ortho intramolecular Hbond substituents is 2. The smallest absolute Gasteiger partial charge is 0.320 e. The Bertz CT molecular complexity index is 1030. The highest BCUT2D eigenvalue weighted by atomic mass is 16.3. The Labute approximate surface area is 177 Å². The van der Waals surface area contributed by atoms with Crippen LogP contribution in [0.15, 0.2) is 65.8 Å². The van der Waals surface area contributed by atoms with Crippen LogP contribution in [0.3, 0.4) is 0 Å². The monoisotopic (exact) mass is 405 g/mol. The van der Waals surface area contributed by atoms with Gasteiger partial charge in [0, 0.05) is 5.18 Å². The summed E-state index contributed by atoms with van der Waals surface area (Å²) in [4.78, 5) is 21.3. The van der Waals surface area contributed by atoms with E-state index in [1.165, 1.54) is 28.8 Å². The first-order chi connectivity index (χ1) is 14.3. The van der Waals surface area contributed by atoms with Crippen LogP contribution in [-0.2, 0) is 19.3 Å². The number of hydrogen-bond donors (Lipinski definition) is 2. The SMILES string of the molecule is CCc1cc(C)ccc1O.Cc1cccc(CCc2ccc(C(=O)N=O)c(O)c2)c1. The number of benzene rings is 3. The van der Waals surface area contributed by atoms with Crippen LogP contribution in [0, 0.1) is 18.8 Å². The Morgan fingerprint density at radius 2 is 1.50 bits per heavy atom. The number of amides is 1. The molecule has 5 nitrogen and oxygen atoms in total. The highest BCUT2D eigenvalue weighted by Gasteiger charge is 2.11. The molecule has 0 atom stereocenters. The van der Waals surface area contributed by atoms with Gasteiger partial charge in [0.2, 0.25) is 0 Å². The molecule has 0 fully saturated rings. The number of carbonyl (C=O) groups is 1. The first-order valence-electron chi connectivity index (χ1n) is 9.87. The van der Waals surface area contributed by atoms with Crippen molar-refractivity contribution in [1.82, 2.24) is 0 Å². The van der Waals surface area contributed by atoms with Crippen molar-refractivity contribution in [3.8, 4) is 11.5 Å². The molecular weight excluding hydrogens is 378 g/mol. The number of aromatic hydroxyl groups is 2. The van der Waals surface area contributed by atoms with Crippen LogP contribution in [0.4, 0.5) is 0 Å². The van der Waals surface area contributed by atoms with Crippen molar-refractivity contribution in [3.63, 3.8) is 0 Å². The summed E-state index contributed by atoms with van der Waals surface area (Å²) in [5.41, 5.74) is 5.52. The third-order valence-electron chi connectivity index (χ3n) is 4.78. The second-order valence-electron chi connectivity index (χ2n) is 7.22. The van der Waals surface area contributed by atoms with E-state index in [2.05, 4.69) is 17.3 Å². The summed E-state index contributed by atoms with van der Waals surface area (Å²) < 4.78 is 0. The second-order valence-corrected chi connectivity index (χ2v) is 7.22. The lowest BCUT2D eigenvalue weighted by atomic mass is 10.0. The van der Waals surface area contributed by atoms with Crippen LogP contribution >= 0.6 is 0 Å². The molecule has 0 bridgehead atoms. The molecule has 3 aromatic carbocycles. The molecular formula is C25H27NO4. The van der Waals surface area contributed by atoms with Crippen LogP contribution in [0.2, 0.25) is 0 Å². The van der Waals surface area contributed by atoms with Gasteiger partial charge in [-0.05, 0) is 68.0 Å². The average Bonchev–Trinajstić information content (AvgIpc) is 2.74. The minimum atomic E-state index is -0.951. The number of rotatable bonds is 5. The maximum atomic E-state index is 11.1. The van der Waals surface area contributed by atoms with E-state index in [0.717, 1.165) is 30.4 Å². The van der Waals surface area contributed by atoms with Gasteiger partial charge in [0.05, 0.1) is 5.56 Å². The Morgan fingerprint density at radius 1 is 0.833 bits per heavy atom. The molecule has 0 heterocycles. The number of hydrogen-bond acceptors (Lipinski definition) is 4. The van der Waals surface area contributed by atoms with Gasteiger partial charge in [0.1, 0.15) is 11.5 Å². The zero-order chi connectivity index (χ0) is 22.1. The molecule has 3 rings (SSSR count). The van der Waals surface area contributed by atoms with E-state index in [9.17, 15) is 19.9 Å². The topological polar surface area (TPSA) is 87.0 Å². The lowest BCUT2D eigenvalue weighted by molar-refractivity contribution is 0.0998. The van der Waals surface area contributed by atoms with Crippen molar-refractivity contribution in [2.45, 2.75) is 40.0 Å². The molecule has 0 saturated carbocycles. The molecule has 0 aliphatic rings. The minimum Gasteiger partial charge on any atom is -0.508 e. The molecule has 0 aromatic heterocycles. The van der Waals surface area contributed by atoms with Crippen molar-refractivity contribution in [2.75, 3.05) is 0 Å². The summed E-state index contributed by atoms with van der Waals surface area (Å²) in [5.74, 6) is -0.739. The summed E-state index contributed by atoms with van der Waals surface area (Å²) in [6.45, 7) is 6.11. The molecule has 0 aliphatic heterocycles. The molecule has 5 heteroatoms. The molecule has 30 heavy (non-hydrogen) atoms. The molecule has 2 N–H and O–H groups in total. The van der Waals surface area contributed by atoms with Gasteiger partial charge >= 0.3 is 5.91 Å². The first-order valence-corrected chi connectivity index (χ1v) is 9.87. The van der Waals surface area contributed by atoms with Crippen molar-refractivity contribution in [1.29, 1.82) is 0 Å². The maximum Gasteiger partial charge on any atom is 0.320 e. The summed E-state index contributed by atoms with van der Waals surface area (Å²) in [6.07, 6.45) is 2.49. The van der Waals surface area contributed by atoms with Crippen LogP contribution in [-0.4, -0.2) is 16.1 Å². The summed E-state index contributed by atoms with van der Waals surface area (Å²) >= 11 is 0. The van der Waals surface area contributed by atoms with E-state index in [0.29, 0.717) is 5.75 Å². The molecule has 0 radical (unpaired) electrons. The molecule has 0 aliphatic carbocycles. The van der Waals surface area contributed by atoms with E-state index in [-0.39, 0.29) is 11.3 Å². The number of nitroso groups, excluding NO2 is 1. The number of aryl methyl sites for hydroxylation is 5. The van der Waals surface area contributed by atoms with Gasteiger partial charge in [0.15, 0.2) is 0 Å². The third-order valence-corrected chi connectivity index (χ3v) is 4.78. The Morgan fingerprint density at radius 3 is 2.07 bits per heavy atom. The van der Waals surface area contributed by atoms with E-state index in [4.69, 9.17) is 0 Å². The third kappa shape index (κ3) is 6.55. The molecule has 156 valence electrons. The largest absolute Gasteiger partial charge is 0.508 e. The quantitative estimate of drug-likeness (QED) is 0.537. The van der Waals surface area contributed by atoms with E-state index >= 15 is 0 Å². The highest BCUT2D eigenvalue weighted by Crippen LogP contribution is 2.21. The Hall–Kier alpha value is -3.47. The van der Waals surface area contributed by atoms with E-state index < -0.39 is 5.91 Å². The van der Waals surface area contributed by atoms with Gasteiger partial charge in [-0.25, -0.2) is 0 Å². The average molecular weight is 405 g/mol. The van der Waals surface area contributed by atoms with Gasteiger partial charge in [0.25, 0.3) is 0 Å². The standard InChI is InChI=1S/C16H15NO3.C9H12O/c1-11-3-2-4-12(9-11)5-6-13-7-8-14(15(18)10-13)16(19)17-20;1-3-8-6-7(2)4-5-9(8)10/h2-4,7-10,18H,5-6H2,1H3;4-6,10H,3H2,1-2H3. The van der Waals surface area contributed by atoms with Gasteiger partial charge in [-0.2, -0.15) is 0 Å². The summed E-state index contributed by atoms with van der Waals surface area (Å²) in [7, 11) is 0. The lowest BCUT2D eigenvalue weighted by Crippen LogP contribution is -1.97. The van der Waals surface area contributed by atoms with Crippen molar-refractivity contribution < 1.29 is 15.0 Å². The van der Waals surface area contributed by atoms with Gasteiger partial charge in [-0.15, -0.1) is 4.91 Å². The van der Waals surface area contributed by atoms with Gasteiger partial charge in [-0.3, -0.25) is 4.79 Å². The fourth-order valence-corrected chi connectivity index (χ4v) is 3.12. The fourth-order valence-electron chi connectivity index (χ4n) is 3.12. The molecule has 1 amide bonds. The first kappa shape index (κ1) is 22.8. The number of nitrogens with zero attached hydrogens (tertiary/aromatic N) is 1. The van der Waals surface area contributed by atoms with E-state index in [1.807, 2.05) is 45.0 Å². The minimum absolute atomic E-state index is 0.0562. The zero-order valence-electron chi connectivity index (χ0n) is 17.6. The molecule has 0 saturated heterocycles. The van der Waals surface area contributed by atoms with Crippen LogP contribution in [0.25, 0.3) is 0 Å². The fraction of sp³-hybridized carbons (Fsp3) is 0.240. The van der Waals surface area contributed by atoms with Crippen molar-refractivity contribution in [3.05, 3.63) is 99.0 Å². The summed E-state index contributed by atoms with van der Waals surface area (Å²) in [6, 6.07) is 18.6. The summed E-state index contributed by atoms with van der Waals surface area (Å²) in [5, 5.41) is 21.3. The van der Waals surface area contributed by atoms with Gasteiger partial charge in [-0.1, -0.05) is 60.5 Å². The lowest BCUT2D eigenvalue weighted by Gasteiger charge is -2.05. The van der Waals surface area contributed by atoms with E-state index in [1.54, 1.807) is 12.1 Å². The normalized spacial score (nSPS) is 10.1. The molecule has 0 unspecified atom stereocenters. The van der Waals surface area contributed by atoms with Crippen LogP contribution in [0.1, 0.15) is 45.1 Å². The molecule has 3 aromatic rings. The van der Waals surface area contributed by atoms with Crippen molar-refractivity contribution >= 4 is 5.91 Å². The molecule has 0 spiro atoms. The predicted octanol–water partition coefficient (Wildman–Crippen LogP) is 5.66. The second kappa shape index (κ2) is 10.9. The Balaban J connectivity index is 0.000000269. The number of carbonyl (C=O) groups excluding carboxylic acids is 1.